The zero-order chi connectivity index (χ0) is 23.3. The van der Waals surface area contributed by atoms with Crippen molar-refractivity contribution in [2.24, 2.45) is 0 Å². The lowest BCUT2D eigenvalue weighted by Crippen LogP contribution is -2.08. The molecule has 1 aromatic carbocycles. The molecule has 33 heavy (non-hydrogen) atoms. The van der Waals surface area contributed by atoms with Gasteiger partial charge in [0.2, 0.25) is 5.82 Å². The van der Waals surface area contributed by atoms with E-state index < -0.39 is 11.7 Å². The predicted octanol–water partition coefficient (Wildman–Crippen LogP) is 4.74. The molecule has 5 rings (SSSR count). The molecule has 5 aromatic rings. The fraction of sp³-hybridized carbons (Fsp3) is 0.150. The van der Waals surface area contributed by atoms with Crippen molar-refractivity contribution < 1.29 is 17.8 Å². The fourth-order valence-corrected chi connectivity index (χ4v) is 3.76. The van der Waals surface area contributed by atoms with Crippen LogP contribution in [0.2, 0.25) is 10.0 Å². The number of H-pyrrole nitrogens is 1. The molecule has 0 aliphatic heterocycles. The maximum Gasteiger partial charge on any atom is 0.438 e. The molecule has 4 heterocycles. The van der Waals surface area contributed by atoms with Crippen LogP contribution in [0.25, 0.3) is 28.6 Å². The maximum absolute atomic E-state index is 13.7. The van der Waals surface area contributed by atoms with Crippen molar-refractivity contribution in [3.05, 3.63) is 74.2 Å². The van der Waals surface area contributed by atoms with Gasteiger partial charge in [-0.1, -0.05) is 39.6 Å². The molecule has 0 saturated heterocycles. The summed E-state index contributed by atoms with van der Waals surface area (Å²) >= 11 is 12.5. The third kappa shape index (κ3) is 4.12. The summed E-state index contributed by atoms with van der Waals surface area (Å²) in [7, 11) is 0. The Morgan fingerprint density at radius 1 is 1.09 bits per heavy atom. The Bertz CT molecular complexity index is 1550. The smallest absolute Gasteiger partial charge is 0.332 e. The Kier molecular flexibility index (Phi) is 5.02. The lowest BCUT2D eigenvalue weighted by atomic mass is 10.1. The third-order valence-corrected chi connectivity index (χ3v) is 5.38. The first kappa shape index (κ1) is 21.3. The minimum Gasteiger partial charge on any atom is -0.332 e. The average Bonchev–Trinajstić information content (AvgIpc) is 3.47. The van der Waals surface area contributed by atoms with Gasteiger partial charge in [0.15, 0.2) is 11.5 Å². The van der Waals surface area contributed by atoms with Crippen LogP contribution in [0.4, 0.5) is 8.78 Å². The number of nitrogens with zero attached hydrogens (tertiary/aromatic N) is 5. The standard InChI is InChI=1S/C20H12Cl2F2N6O3/c1-20(23,24)10-6-13(22)17-25-14(8-30(17)7-10)18-27-16(29-32-18)11-3-2-9(4-12(11)21)5-15-26-19(31)33-28-15/h2-4,6-8H,5H2,1H3,(H,26,28,31). The van der Waals surface area contributed by atoms with Crippen molar-refractivity contribution in [2.45, 2.75) is 19.3 Å². The van der Waals surface area contributed by atoms with Gasteiger partial charge >= 0.3 is 5.76 Å². The van der Waals surface area contributed by atoms with Crippen molar-refractivity contribution in [2.75, 3.05) is 0 Å². The molecule has 0 aliphatic carbocycles. The summed E-state index contributed by atoms with van der Waals surface area (Å²) in [6, 6.07) is 6.31. The number of alkyl halides is 2. The number of hydrogen-bond acceptors (Lipinski definition) is 7. The first-order valence-corrected chi connectivity index (χ1v) is 10.2. The van der Waals surface area contributed by atoms with Gasteiger partial charge in [-0.05, 0) is 23.8 Å². The average molecular weight is 493 g/mol. The largest absolute Gasteiger partial charge is 0.438 e. The predicted molar refractivity (Wildman–Crippen MR) is 113 cm³/mol. The molecule has 0 radical (unpaired) electrons. The quantitative estimate of drug-likeness (QED) is 0.376. The molecule has 0 bridgehead atoms. The molecule has 0 aliphatic rings. The second-order valence-corrected chi connectivity index (χ2v) is 8.09. The maximum atomic E-state index is 13.7. The molecule has 0 fully saturated rings. The van der Waals surface area contributed by atoms with Gasteiger partial charge in [0.1, 0.15) is 5.69 Å². The van der Waals surface area contributed by atoms with Crippen molar-refractivity contribution in [1.29, 1.82) is 0 Å². The normalized spacial score (nSPS) is 12.0. The summed E-state index contributed by atoms with van der Waals surface area (Å²) in [4.78, 5) is 22.2. The van der Waals surface area contributed by atoms with Crippen LogP contribution >= 0.6 is 23.2 Å². The first-order valence-electron chi connectivity index (χ1n) is 9.41. The number of benzene rings is 1. The number of aromatic amines is 1. The van der Waals surface area contributed by atoms with Crippen molar-refractivity contribution in [1.82, 2.24) is 29.7 Å². The Balaban J connectivity index is 1.45. The van der Waals surface area contributed by atoms with E-state index in [1.807, 2.05) is 0 Å². The monoisotopic (exact) mass is 492 g/mol. The van der Waals surface area contributed by atoms with Gasteiger partial charge in [-0.2, -0.15) is 4.98 Å². The van der Waals surface area contributed by atoms with E-state index in [1.54, 1.807) is 18.2 Å². The summed E-state index contributed by atoms with van der Waals surface area (Å²) in [5.74, 6) is -3.07. The highest BCUT2D eigenvalue weighted by molar-refractivity contribution is 6.33. The summed E-state index contributed by atoms with van der Waals surface area (Å²) < 4.78 is 38.6. The zero-order valence-electron chi connectivity index (χ0n) is 16.6. The van der Waals surface area contributed by atoms with Crippen molar-refractivity contribution >= 4 is 28.8 Å². The van der Waals surface area contributed by atoms with E-state index in [1.165, 1.54) is 22.9 Å². The number of pyridine rings is 1. The second-order valence-electron chi connectivity index (χ2n) is 7.28. The van der Waals surface area contributed by atoms with E-state index in [0.717, 1.165) is 12.5 Å². The number of nitrogens with one attached hydrogen (secondary N) is 1. The van der Waals surface area contributed by atoms with Gasteiger partial charge in [0, 0.05) is 36.9 Å². The third-order valence-electron chi connectivity index (χ3n) is 4.79. The van der Waals surface area contributed by atoms with Crippen LogP contribution < -0.4 is 5.76 Å². The van der Waals surface area contributed by atoms with Crippen LogP contribution in [0.5, 0.6) is 0 Å². The Morgan fingerprint density at radius 3 is 2.61 bits per heavy atom. The minimum atomic E-state index is -3.06. The molecule has 168 valence electrons. The molecule has 4 aromatic heterocycles. The van der Waals surface area contributed by atoms with E-state index in [4.69, 9.17) is 27.7 Å². The highest BCUT2D eigenvalue weighted by Crippen LogP contribution is 2.33. The summed E-state index contributed by atoms with van der Waals surface area (Å²) in [6.45, 7) is 0.784. The van der Waals surface area contributed by atoms with E-state index in [2.05, 4.69) is 29.8 Å². The SMILES string of the molecule is CC(F)(F)c1cc(Cl)c2nc(-c3nc(-c4ccc(Cc5noc(=O)[nH]5)cc4Cl)no3)cn2c1. The van der Waals surface area contributed by atoms with Crippen LogP contribution in [0, 0.1) is 0 Å². The highest BCUT2D eigenvalue weighted by Gasteiger charge is 2.26. The molecule has 0 spiro atoms. The van der Waals surface area contributed by atoms with E-state index in [9.17, 15) is 13.6 Å². The Hall–Kier alpha value is -3.57. The van der Waals surface area contributed by atoms with Crippen molar-refractivity contribution in [3.8, 4) is 23.0 Å². The summed E-state index contributed by atoms with van der Waals surface area (Å²) in [5, 5.41) is 7.97. The summed E-state index contributed by atoms with van der Waals surface area (Å²) in [6.07, 6.45) is 3.02. The van der Waals surface area contributed by atoms with Crippen LogP contribution in [0.1, 0.15) is 23.9 Å². The lowest BCUT2D eigenvalue weighted by Gasteiger charge is -2.11. The molecule has 13 heteroatoms. The fourth-order valence-electron chi connectivity index (χ4n) is 3.22. The van der Waals surface area contributed by atoms with E-state index in [0.29, 0.717) is 22.8 Å². The highest BCUT2D eigenvalue weighted by atomic mass is 35.5. The van der Waals surface area contributed by atoms with Crippen LogP contribution in [0.3, 0.4) is 0 Å². The van der Waals surface area contributed by atoms with Crippen LogP contribution in [-0.4, -0.2) is 29.7 Å². The molecule has 1 N–H and O–H groups in total. The number of hydrogen-bond donors (Lipinski definition) is 1. The number of fused-ring (bicyclic) bond motifs is 1. The van der Waals surface area contributed by atoms with Crippen LogP contribution in [0.15, 0.2) is 50.5 Å². The Morgan fingerprint density at radius 2 is 1.91 bits per heavy atom. The molecular formula is C20H12Cl2F2N6O3. The molecular weight excluding hydrogens is 481 g/mol. The second kappa shape index (κ2) is 7.78. The van der Waals surface area contributed by atoms with Crippen LogP contribution in [-0.2, 0) is 12.3 Å². The molecule has 9 nitrogen and oxygen atoms in total. The number of halogens is 4. The van der Waals surface area contributed by atoms with Gasteiger partial charge in [-0.15, -0.1) is 0 Å². The topological polar surface area (TPSA) is 115 Å². The van der Waals surface area contributed by atoms with Gasteiger partial charge in [0.05, 0.1) is 10.0 Å². The zero-order valence-corrected chi connectivity index (χ0v) is 18.2. The van der Waals surface area contributed by atoms with E-state index >= 15 is 0 Å². The molecule has 0 amide bonds. The van der Waals surface area contributed by atoms with E-state index in [-0.39, 0.29) is 33.6 Å². The number of rotatable bonds is 5. The summed E-state index contributed by atoms with van der Waals surface area (Å²) in [5.41, 5.74) is 1.55. The Labute approximate surface area is 193 Å². The number of aromatic nitrogens is 6. The van der Waals surface area contributed by atoms with Gasteiger partial charge in [-0.25, -0.2) is 18.6 Å². The van der Waals surface area contributed by atoms with Gasteiger partial charge in [0.25, 0.3) is 11.8 Å². The van der Waals surface area contributed by atoms with Gasteiger partial charge in [-0.3, -0.25) is 9.51 Å². The first-order chi connectivity index (χ1) is 15.7. The van der Waals surface area contributed by atoms with Crippen molar-refractivity contribution in [3.63, 3.8) is 0 Å². The molecule has 0 atom stereocenters. The molecule has 0 unspecified atom stereocenters. The molecule has 0 saturated carbocycles. The minimum absolute atomic E-state index is 0.0621. The number of imidazole rings is 1. The van der Waals surface area contributed by atoms with Gasteiger partial charge < -0.3 is 8.92 Å². The lowest BCUT2D eigenvalue weighted by molar-refractivity contribution is 0.0170.